The molecule has 1 aromatic carbocycles. The van der Waals surface area contributed by atoms with Crippen molar-refractivity contribution in [3.63, 3.8) is 0 Å². The van der Waals surface area contributed by atoms with Crippen LogP contribution in [0.1, 0.15) is 42.3 Å². The van der Waals surface area contributed by atoms with E-state index in [9.17, 15) is 4.79 Å². The van der Waals surface area contributed by atoms with Gasteiger partial charge in [0.05, 0.1) is 24.1 Å². The summed E-state index contributed by atoms with van der Waals surface area (Å²) in [5.74, 6) is 1.49. The summed E-state index contributed by atoms with van der Waals surface area (Å²) in [6.07, 6.45) is 6.41. The molecule has 3 aromatic rings. The van der Waals surface area contributed by atoms with Crippen LogP contribution in [0.3, 0.4) is 0 Å². The van der Waals surface area contributed by atoms with E-state index in [1.165, 1.54) is 0 Å². The Morgan fingerprint density at radius 3 is 2.87 bits per heavy atom. The molecule has 1 atom stereocenters. The second-order valence-corrected chi connectivity index (χ2v) is 7.93. The smallest absolute Gasteiger partial charge is 0.223 e. The first-order valence-corrected chi connectivity index (χ1v) is 10.5. The molecule has 1 saturated heterocycles. The molecule has 0 aliphatic carbocycles. The number of pyridine rings is 1. The largest absolute Gasteiger partial charge is 0.334 e. The monoisotopic (exact) mass is 421 g/mol. The number of benzene rings is 1. The molecule has 30 heavy (non-hydrogen) atoms. The van der Waals surface area contributed by atoms with Crippen LogP contribution in [0.25, 0.3) is 0 Å². The maximum absolute atomic E-state index is 12.9. The molecule has 0 unspecified atom stereocenters. The average molecular weight is 422 g/mol. The zero-order valence-electron chi connectivity index (χ0n) is 16.9. The highest BCUT2D eigenvalue weighted by molar-refractivity contribution is 6.30. The molecular formula is C23H24ClN5O. The van der Waals surface area contributed by atoms with Crippen molar-refractivity contribution >= 4 is 29.1 Å². The summed E-state index contributed by atoms with van der Waals surface area (Å²) in [7, 11) is 0. The quantitative estimate of drug-likeness (QED) is 0.614. The van der Waals surface area contributed by atoms with E-state index in [4.69, 9.17) is 16.6 Å². The van der Waals surface area contributed by atoms with E-state index in [2.05, 4.69) is 15.3 Å². The van der Waals surface area contributed by atoms with E-state index in [0.717, 1.165) is 42.2 Å². The lowest BCUT2D eigenvalue weighted by Gasteiger charge is -2.24. The predicted octanol–water partition coefficient (Wildman–Crippen LogP) is 4.87. The number of carbonyl (C=O) groups is 1. The maximum Gasteiger partial charge on any atom is 0.223 e. The lowest BCUT2D eigenvalue weighted by molar-refractivity contribution is -0.132. The molecule has 1 aliphatic heterocycles. The molecule has 1 amide bonds. The molecule has 6 nitrogen and oxygen atoms in total. The van der Waals surface area contributed by atoms with Crippen molar-refractivity contribution in [2.24, 2.45) is 0 Å². The van der Waals surface area contributed by atoms with E-state index in [1.54, 1.807) is 12.4 Å². The third-order valence-electron chi connectivity index (χ3n) is 5.23. The highest BCUT2D eigenvalue weighted by Crippen LogP contribution is 2.32. The van der Waals surface area contributed by atoms with Crippen molar-refractivity contribution in [1.29, 1.82) is 0 Å². The van der Waals surface area contributed by atoms with Crippen molar-refractivity contribution in [3.05, 3.63) is 76.8 Å². The molecule has 1 N–H and O–H groups in total. The van der Waals surface area contributed by atoms with Crippen molar-refractivity contribution < 1.29 is 4.79 Å². The molecule has 3 heterocycles. The molecule has 0 saturated carbocycles. The van der Waals surface area contributed by atoms with Gasteiger partial charge in [-0.1, -0.05) is 29.8 Å². The Bertz CT molecular complexity index is 1040. The summed E-state index contributed by atoms with van der Waals surface area (Å²) in [6, 6.07) is 13.4. The number of aromatic nitrogens is 3. The van der Waals surface area contributed by atoms with Crippen LogP contribution in [0, 0.1) is 6.92 Å². The first kappa shape index (κ1) is 20.3. The molecule has 2 aromatic heterocycles. The van der Waals surface area contributed by atoms with Crippen molar-refractivity contribution in [1.82, 2.24) is 19.9 Å². The molecule has 4 rings (SSSR count). The summed E-state index contributed by atoms with van der Waals surface area (Å²) in [4.78, 5) is 28.4. The zero-order valence-corrected chi connectivity index (χ0v) is 17.6. The van der Waals surface area contributed by atoms with Gasteiger partial charge in [0.1, 0.15) is 11.6 Å². The number of aryl methyl sites for hydroxylation is 2. The van der Waals surface area contributed by atoms with Crippen LogP contribution in [0.2, 0.25) is 5.02 Å². The molecule has 0 bridgehead atoms. The Morgan fingerprint density at radius 1 is 1.17 bits per heavy atom. The van der Waals surface area contributed by atoms with E-state index < -0.39 is 0 Å². The SMILES string of the molecule is Cc1cccc(Nc2cncc([C@@H]3CCCN3C(=O)CCc3cccc(Cl)c3)n2)n1. The Kier molecular flexibility index (Phi) is 6.23. The number of halogens is 1. The van der Waals surface area contributed by atoms with Gasteiger partial charge in [-0.3, -0.25) is 9.78 Å². The van der Waals surface area contributed by atoms with Crippen LogP contribution in [-0.2, 0) is 11.2 Å². The second kappa shape index (κ2) is 9.22. The third kappa shape index (κ3) is 4.94. The van der Waals surface area contributed by atoms with E-state index in [-0.39, 0.29) is 11.9 Å². The van der Waals surface area contributed by atoms with Gasteiger partial charge in [0, 0.05) is 23.7 Å². The maximum atomic E-state index is 12.9. The second-order valence-electron chi connectivity index (χ2n) is 7.49. The number of anilines is 2. The Hall–Kier alpha value is -2.99. The fraction of sp³-hybridized carbons (Fsp3) is 0.304. The topological polar surface area (TPSA) is 71.0 Å². The van der Waals surface area contributed by atoms with Crippen LogP contribution < -0.4 is 5.32 Å². The molecule has 0 spiro atoms. The van der Waals surface area contributed by atoms with Crippen molar-refractivity contribution in [3.8, 4) is 0 Å². The molecule has 1 fully saturated rings. The van der Waals surface area contributed by atoms with Gasteiger partial charge in [0.25, 0.3) is 0 Å². The van der Waals surface area contributed by atoms with Gasteiger partial charge in [-0.25, -0.2) is 9.97 Å². The van der Waals surface area contributed by atoms with Gasteiger partial charge in [-0.05, 0) is 56.0 Å². The highest BCUT2D eigenvalue weighted by atomic mass is 35.5. The molecule has 154 valence electrons. The fourth-order valence-electron chi connectivity index (χ4n) is 3.81. The van der Waals surface area contributed by atoms with Gasteiger partial charge in [0.15, 0.2) is 0 Å². The van der Waals surface area contributed by atoms with Crippen LogP contribution in [-0.4, -0.2) is 32.3 Å². The van der Waals surface area contributed by atoms with Gasteiger partial charge in [-0.2, -0.15) is 0 Å². The van der Waals surface area contributed by atoms with Crippen LogP contribution >= 0.6 is 11.6 Å². The number of carbonyl (C=O) groups excluding carboxylic acids is 1. The minimum atomic E-state index is -0.0448. The molecule has 1 aliphatic rings. The number of hydrogen-bond acceptors (Lipinski definition) is 5. The fourth-order valence-corrected chi connectivity index (χ4v) is 4.02. The number of likely N-dealkylation sites (tertiary alicyclic amines) is 1. The number of amides is 1. The predicted molar refractivity (Wildman–Crippen MR) is 118 cm³/mol. The van der Waals surface area contributed by atoms with E-state index in [1.807, 2.05) is 54.3 Å². The first-order chi connectivity index (χ1) is 14.6. The third-order valence-corrected chi connectivity index (χ3v) is 5.46. The lowest BCUT2D eigenvalue weighted by atomic mass is 10.1. The van der Waals surface area contributed by atoms with Gasteiger partial charge >= 0.3 is 0 Å². The van der Waals surface area contributed by atoms with E-state index in [0.29, 0.717) is 23.7 Å². The normalized spacial score (nSPS) is 15.9. The van der Waals surface area contributed by atoms with Gasteiger partial charge < -0.3 is 10.2 Å². The van der Waals surface area contributed by atoms with Crippen molar-refractivity contribution in [2.45, 2.75) is 38.6 Å². The van der Waals surface area contributed by atoms with Gasteiger partial charge in [0.2, 0.25) is 5.91 Å². The van der Waals surface area contributed by atoms with Crippen LogP contribution in [0.4, 0.5) is 11.6 Å². The van der Waals surface area contributed by atoms with Crippen LogP contribution in [0.5, 0.6) is 0 Å². The minimum Gasteiger partial charge on any atom is -0.334 e. The first-order valence-electron chi connectivity index (χ1n) is 10.1. The number of rotatable bonds is 6. The summed E-state index contributed by atoms with van der Waals surface area (Å²) >= 11 is 6.05. The standard InChI is InChI=1S/C23H24ClN5O/c1-16-5-2-9-21(26-16)28-22-15-25-14-19(27-22)20-8-4-12-29(20)23(30)11-10-17-6-3-7-18(24)13-17/h2-3,5-7,9,13-15,20H,4,8,10-12H2,1H3,(H,26,27,28)/t20-/m0/s1. The van der Waals surface area contributed by atoms with Gasteiger partial charge in [-0.15, -0.1) is 0 Å². The zero-order chi connectivity index (χ0) is 20.9. The number of nitrogens with one attached hydrogen (secondary N) is 1. The minimum absolute atomic E-state index is 0.0448. The number of nitrogens with zero attached hydrogens (tertiary/aromatic N) is 4. The summed E-state index contributed by atoms with van der Waals surface area (Å²) in [6.45, 7) is 2.69. The molecule has 7 heteroatoms. The number of hydrogen-bond donors (Lipinski definition) is 1. The van der Waals surface area contributed by atoms with Crippen molar-refractivity contribution in [2.75, 3.05) is 11.9 Å². The van der Waals surface area contributed by atoms with E-state index >= 15 is 0 Å². The average Bonchev–Trinajstić information content (AvgIpc) is 3.22. The Morgan fingerprint density at radius 2 is 2.03 bits per heavy atom. The molecule has 0 radical (unpaired) electrons. The summed E-state index contributed by atoms with van der Waals surface area (Å²) in [5, 5.41) is 3.90. The lowest BCUT2D eigenvalue weighted by Crippen LogP contribution is -2.31. The Labute approximate surface area is 181 Å². The summed E-state index contributed by atoms with van der Waals surface area (Å²) < 4.78 is 0. The highest BCUT2D eigenvalue weighted by Gasteiger charge is 2.31. The van der Waals surface area contributed by atoms with Crippen LogP contribution in [0.15, 0.2) is 54.9 Å². The Balaban J connectivity index is 1.44. The summed E-state index contributed by atoms with van der Waals surface area (Å²) in [5.41, 5.74) is 2.81. The molecular weight excluding hydrogens is 398 g/mol.